The van der Waals surface area contributed by atoms with Gasteiger partial charge in [-0.1, -0.05) is 12.1 Å². The average Bonchev–Trinajstić information content (AvgIpc) is 2.82. The average molecular weight is 466 g/mol. The minimum atomic E-state index is -0.553. The first-order chi connectivity index (χ1) is 16.4. The molecule has 0 atom stereocenters. The van der Waals surface area contributed by atoms with Crippen molar-refractivity contribution in [3.8, 4) is 5.75 Å². The van der Waals surface area contributed by atoms with Crippen LogP contribution in [-0.2, 0) is 19.1 Å². The zero-order valence-corrected chi connectivity index (χ0v) is 20.4. The van der Waals surface area contributed by atoms with E-state index in [2.05, 4.69) is 4.90 Å². The van der Waals surface area contributed by atoms with E-state index < -0.39 is 17.9 Å². The molecule has 4 bridgehead atoms. The lowest BCUT2D eigenvalue weighted by Gasteiger charge is -2.57. The highest BCUT2D eigenvalue weighted by Crippen LogP contribution is 2.60. The van der Waals surface area contributed by atoms with Gasteiger partial charge in [-0.3, -0.25) is 0 Å². The SMILES string of the molecule is CCOc1ccc(C2C(C(=O)OC)=CN(CC34CC5CC(CC(C5)C3)C4)C=C2C(=O)OC)cc1. The van der Waals surface area contributed by atoms with Crippen molar-refractivity contribution in [2.75, 3.05) is 27.4 Å². The molecule has 6 heteroatoms. The number of nitrogens with zero attached hydrogens (tertiary/aromatic N) is 1. The molecule has 0 aromatic heterocycles. The summed E-state index contributed by atoms with van der Waals surface area (Å²) in [5.74, 6) is 1.84. The van der Waals surface area contributed by atoms with Crippen molar-refractivity contribution < 1.29 is 23.8 Å². The van der Waals surface area contributed by atoms with Crippen LogP contribution in [-0.4, -0.2) is 44.2 Å². The number of carbonyl (C=O) groups excluding carboxylic acids is 2. The van der Waals surface area contributed by atoms with Crippen LogP contribution in [0.5, 0.6) is 5.75 Å². The van der Waals surface area contributed by atoms with E-state index in [1.54, 1.807) is 0 Å². The number of methoxy groups -OCH3 is 2. The Morgan fingerprint density at radius 1 is 0.882 bits per heavy atom. The molecule has 6 rings (SSSR count). The Bertz CT molecular complexity index is 939. The zero-order chi connectivity index (χ0) is 23.9. The smallest absolute Gasteiger partial charge is 0.336 e. The van der Waals surface area contributed by atoms with Crippen LogP contribution in [0.25, 0.3) is 0 Å². The number of ether oxygens (including phenoxy) is 3. The summed E-state index contributed by atoms with van der Waals surface area (Å²) in [6.45, 7) is 3.33. The van der Waals surface area contributed by atoms with E-state index in [-0.39, 0.29) is 5.41 Å². The molecule has 0 saturated heterocycles. The number of carbonyl (C=O) groups is 2. The molecule has 0 radical (unpaired) electrons. The van der Waals surface area contributed by atoms with E-state index in [1.165, 1.54) is 52.7 Å². The molecule has 0 amide bonds. The first-order valence-electron chi connectivity index (χ1n) is 12.5. The summed E-state index contributed by atoms with van der Waals surface area (Å²) in [6.07, 6.45) is 11.7. The third-order valence-corrected chi connectivity index (χ3v) is 8.28. The largest absolute Gasteiger partial charge is 0.494 e. The van der Waals surface area contributed by atoms with Crippen LogP contribution in [0.2, 0.25) is 0 Å². The van der Waals surface area contributed by atoms with Gasteiger partial charge < -0.3 is 19.1 Å². The molecule has 0 N–H and O–H groups in total. The fraction of sp³-hybridized carbons (Fsp3) is 0.571. The van der Waals surface area contributed by atoms with Gasteiger partial charge >= 0.3 is 11.9 Å². The topological polar surface area (TPSA) is 65.1 Å². The molecule has 5 aliphatic rings. The molecule has 34 heavy (non-hydrogen) atoms. The molecule has 1 aliphatic heterocycles. The van der Waals surface area contributed by atoms with Gasteiger partial charge in [0.1, 0.15) is 5.75 Å². The van der Waals surface area contributed by atoms with Gasteiger partial charge in [0.05, 0.1) is 37.9 Å². The lowest BCUT2D eigenvalue weighted by Crippen LogP contribution is -2.50. The van der Waals surface area contributed by atoms with Crippen LogP contribution < -0.4 is 4.74 Å². The number of esters is 2. The van der Waals surface area contributed by atoms with E-state index in [0.717, 1.165) is 35.6 Å². The van der Waals surface area contributed by atoms with Gasteiger partial charge in [-0.15, -0.1) is 0 Å². The summed E-state index contributed by atoms with van der Waals surface area (Å²) in [4.78, 5) is 28.0. The molecule has 0 spiro atoms. The van der Waals surface area contributed by atoms with Crippen molar-refractivity contribution in [3.63, 3.8) is 0 Å². The fourth-order valence-corrected chi connectivity index (χ4v) is 7.53. The van der Waals surface area contributed by atoms with Gasteiger partial charge in [0.25, 0.3) is 0 Å². The van der Waals surface area contributed by atoms with Crippen LogP contribution in [0.3, 0.4) is 0 Å². The van der Waals surface area contributed by atoms with E-state index in [1.807, 2.05) is 43.6 Å². The summed E-state index contributed by atoms with van der Waals surface area (Å²) >= 11 is 0. The lowest BCUT2D eigenvalue weighted by molar-refractivity contribution is -0.137. The molecular formula is C28H35NO5. The van der Waals surface area contributed by atoms with Crippen LogP contribution in [0.15, 0.2) is 47.8 Å². The van der Waals surface area contributed by atoms with Crippen molar-refractivity contribution >= 4 is 11.9 Å². The number of hydrogen-bond acceptors (Lipinski definition) is 6. The summed E-state index contributed by atoms with van der Waals surface area (Å²) in [7, 11) is 2.77. The Labute approximate surface area is 201 Å². The van der Waals surface area contributed by atoms with Gasteiger partial charge in [-0.2, -0.15) is 0 Å². The van der Waals surface area contributed by atoms with Gasteiger partial charge in [0.2, 0.25) is 0 Å². The number of rotatable bonds is 7. The highest BCUT2D eigenvalue weighted by Gasteiger charge is 2.51. The predicted octanol–water partition coefficient (Wildman–Crippen LogP) is 4.81. The summed E-state index contributed by atoms with van der Waals surface area (Å²) in [5, 5.41) is 0. The first-order valence-corrected chi connectivity index (χ1v) is 12.5. The molecule has 6 nitrogen and oxygen atoms in total. The second-order valence-electron chi connectivity index (χ2n) is 10.7. The Morgan fingerprint density at radius 3 is 1.82 bits per heavy atom. The van der Waals surface area contributed by atoms with Crippen LogP contribution in [0, 0.1) is 23.2 Å². The normalized spacial score (nSPS) is 30.0. The Hall–Kier alpha value is -2.76. The molecule has 4 fully saturated rings. The van der Waals surface area contributed by atoms with E-state index in [4.69, 9.17) is 14.2 Å². The molecule has 0 unspecified atom stereocenters. The van der Waals surface area contributed by atoms with Crippen molar-refractivity contribution in [2.24, 2.45) is 23.2 Å². The van der Waals surface area contributed by atoms with E-state index in [9.17, 15) is 9.59 Å². The summed E-state index contributed by atoms with van der Waals surface area (Å²) < 4.78 is 15.9. The molecule has 4 aliphatic carbocycles. The molecule has 182 valence electrons. The zero-order valence-electron chi connectivity index (χ0n) is 20.4. The van der Waals surface area contributed by atoms with E-state index in [0.29, 0.717) is 17.8 Å². The Kier molecular flexibility index (Phi) is 6.17. The number of benzene rings is 1. The maximum atomic E-state index is 13.0. The second-order valence-corrected chi connectivity index (χ2v) is 10.7. The predicted molar refractivity (Wildman–Crippen MR) is 128 cm³/mol. The summed E-state index contributed by atoms with van der Waals surface area (Å²) in [5.41, 5.74) is 2.00. The first kappa shape index (κ1) is 23.0. The molecule has 1 aromatic rings. The van der Waals surface area contributed by atoms with Crippen LogP contribution in [0.4, 0.5) is 0 Å². The summed E-state index contributed by atoms with van der Waals surface area (Å²) in [6, 6.07) is 7.53. The van der Waals surface area contributed by atoms with Crippen molar-refractivity contribution in [2.45, 2.75) is 51.4 Å². The monoisotopic (exact) mass is 465 g/mol. The van der Waals surface area contributed by atoms with Crippen molar-refractivity contribution in [3.05, 3.63) is 53.4 Å². The van der Waals surface area contributed by atoms with Gasteiger partial charge in [0.15, 0.2) is 0 Å². The maximum absolute atomic E-state index is 13.0. The molecule has 4 saturated carbocycles. The highest BCUT2D eigenvalue weighted by atomic mass is 16.5. The maximum Gasteiger partial charge on any atom is 0.336 e. The highest BCUT2D eigenvalue weighted by molar-refractivity contribution is 5.98. The minimum Gasteiger partial charge on any atom is -0.494 e. The van der Waals surface area contributed by atoms with Crippen LogP contribution in [0.1, 0.15) is 56.9 Å². The Balaban J connectivity index is 1.49. The van der Waals surface area contributed by atoms with Gasteiger partial charge in [-0.05, 0) is 86.3 Å². The lowest BCUT2D eigenvalue weighted by atomic mass is 9.49. The molecular weight excluding hydrogens is 430 g/mol. The number of hydrogen-bond donors (Lipinski definition) is 0. The third kappa shape index (κ3) is 4.23. The quantitative estimate of drug-likeness (QED) is 0.538. The molecule has 1 heterocycles. The molecule has 1 aromatic carbocycles. The fourth-order valence-electron chi connectivity index (χ4n) is 7.53. The second kappa shape index (κ2) is 9.12. The third-order valence-electron chi connectivity index (χ3n) is 8.28. The van der Waals surface area contributed by atoms with E-state index >= 15 is 0 Å². The van der Waals surface area contributed by atoms with Gasteiger partial charge in [0, 0.05) is 18.9 Å². The van der Waals surface area contributed by atoms with Crippen molar-refractivity contribution in [1.29, 1.82) is 0 Å². The standard InChI is InChI=1S/C28H35NO5/c1-4-34-22-7-5-21(6-8-22)25-23(26(30)32-2)15-29(16-24(25)27(31)33-3)17-28-12-18-9-19(13-28)11-20(10-18)14-28/h5-8,15-16,18-20,25H,4,9-14,17H2,1-3H3. The Morgan fingerprint density at radius 2 is 1.38 bits per heavy atom. The van der Waals surface area contributed by atoms with Crippen LogP contribution >= 0.6 is 0 Å². The van der Waals surface area contributed by atoms with Gasteiger partial charge in [-0.25, -0.2) is 9.59 Å². The van der Waals surface area contributed by atoms with Crippen molar-refractivity contribution in [1.82, 2.24) is 4.90 Å². The minimum absolute atomic E-state index is 0.260.